The first kappa shape index (κ1) is 13.5. The normalized spacial score (nSPS) is 23.8. The van der Waals surface area contributed by atoms with Crippen molar-refractivity contribution in [2.75, 3.05) is 26.4 Å². The summed E-state index contributed by atoms with van der Waals surface area (Å²) in [7, 11) is 0. The highest BCUT2D eigenvalue weighted by Gasteiger charge is 2.27. The average Bonchev–Trinajstić information content (AvgIpc) is 2.34. The number of carbonyl (C=O) groups excluding carboxylic acids is 1. The molecule has 2 atom stereocenters. The second-order valence-corrected chi connectivity index (χ2v) is 3.38. The molecule has 96 valence electrons. The van der Waals surface area contributed by atoms with Crippen molar-refractivity contribution >= 4 is 12.1 Å². The van der Waals surface area contributed by atoms with Crippen LogP contribution in [0.4, 0.5) is 4.79 Å². The van der Waals surface area contributed by atoms with Crippen molar-refractivity contribution in [2.24, 2.45) is 0 Å². The van der Waals surface area contributed by atoms with Crippen molar-refractivity contribution < 1.29 is 28.9 Å². The molecular formula is C10H15NO6. The molecule has 1 heterocycles. The van der Waals surface area contributed by atoms with Crippen LogP contribution in [0.5, 0.6) is 0 Å². The van der Waals surface area contributed by atoms with Gasteiger partial charge in [0.05, 0.1) is 19.3 Å². The highest BCUT2D eigenvalue weighted by atomic mass is 16.6. The van der Waals surface area contributed by atoms with Crippen molar-refractivity contribution in [2.45, 2.75) is 12.2 Å². The minimum Gasteiger partial charge on any atom is -0.479 e. The molecule has 0 aromatic rings. The summed E-state index contributed by atoms with van der Waals surface area (Å²) >= 11 is 0. The van der Waals surface area contributed by atoms with E-state index in [1.54, 1.807) is 0 Å². The van der Waals surface area contributed by atoms with Gasteiger partial charge < -0.3 is 24.6 Å². The van der Waals surface area contributed by atoms with Gasteiger partial charge in [0, 0.05) is 6.54 Å². The Morgan fingerprint density at radius 2 is 2.24 bits per heavy atom. The maximum Gasteiger partial charge on any atom is 0.407 e. The Balaban J connectivity index is 2.15. The number of hydrogen-bond donors (Lipinski definition) is 2. The van der Waals surface area contributed by atoms with Crippen LogP contribution in [0.15, 0.2) is 12.7 Å². The SMILES string of the molecule is C=CCOC(=O)NC[C@H]1CO[C@H](C(=O)O)CO1. The monoisotopic (exact) mass is 245 g/mol. The van der Waals surface area contributed by atoms with E-state index in [1.165, 1.54) is 6.08 Å². The number of amides is 1. The van der Waals surface area contributed by atoms with Crippen molar-refractivity contribution in [1.29, 1.82) is 0 Å². The number of carboxylic acid groups (broad SMARTS) is 1. The molecule has 0 aliphatic carbocycles. The predicted molar refractivity (Wildman–Crippen MR) is 56.7 cm³/mol. The lowest BCUT2D eigenvalue weighted by Crippen LogP contribution is -2.45. The van der Waals surface area contributed by atoms with Crippen LogP contribution in [0, 0.1) is 0 Å². The van der Waals surface area contributed by atoms with Gasteiger partial charge in [-0.05, 0) is 0 Å². The first-order valence-electron chi connectivity index (χ1n) is 5.11. The quantitative estimate of drug-likeness (QED) is 0.650. The van der Waals surface area contributed by atoms with Crippen molar-refractivity contribution in [3.63, 3.8) is 0 Å². The number of nitrogens with one attached hydrogen (secondary N) is 1. The minimum atomic E-state index is -1.05. The van der Waals surface area contributed by atoms with Crippen LogP contribution >= 0.6 is 0 Å². The molecule has 1 fully saturated rings. The maximum absolute atomic E-state index is 11.0. The zero-order valence-corrected chi connectivity index (χ0v) is 9.26. The molecule has 7 heteroatoms. The summed E-state index contributed by atoms with van der Waals surface area (Å²) in [6.45, 7) is 3.85. The second kappa shape index (κ2) is 6.87. The van der Waals surface area contributed by atoms with Gasteiger partial charge in [-0.25, -0.2) is 9.59 Å². The largest absolute Gasteiger partial charge is 0.479 e. The molecule has 1 aliphatic heterocycles. The fourth-order valence-corrected chi connectivity index (χ4v) is 1.19. The highest BCUT2D eigenvalue weighted by Crippen LogP contribution is 2.06. The van der Waals surface area contributed by atoms with Gasteiger partial charge in [-0.3, -0.25) is 0 Å². The molecule has 1 amide bonds. The van der Waals surface area contributed by atoms with Gasteiger partial charge >= 0.3 is 12.1 Å². The number of rotatable bonds is 5. The first-order valence-corrected chi connectivity index (χ1v) is 5.11. The lowest BCUT2D eigenvalue weighted by atomic mass is 10.3. The van der Waals surface area contributed by atoms with E-state index in [2.05, 4.69) is 16.6 Å². The zero-order chi connectivity index (χ0) is 12.7. The smallest absolute Gasteiger partial charge is 0.407 e. The number of alkyl carbamates (subject to hydrolysis) is 1. The van der Waals surface area contributed by atoms with Crippen molar-refractivity contribution in [1.82, 2.24) is 5.32 Å². The number of aliphatic carboxylic acids is 1. The van der Waals surface area contributed by atoms with Gasteiger partial charge in [0.2, 0.25) is 0 Å². The number of hydrogen-bond acceptors (Lipinski definition) is 5. The summed E-state index contributed by atoms with van der Waals surface area (Å²) in [6, 6.07) is 0. The van der Waals surface area contributed by atoms with E-state index in [1.807, 2.05) is 0 Å². The molecule has 17 heavy (non-hydrogen) atoms. The summed E-state index contributed by atoms with van der Waals surface area (Å²) in [5, 5.41) is 11.1. The Kier molecular flexibility index (Phi) is 5.44. The molecule has 1 rings (SSSR count). The Labute approximate surface area is 98.3 Å². The fourth-order valence-electron chi connectivity index (χ4n) is 1.19. The predicted octanol–water partition coefficient (Wildman–Crippen LogP) is -0.233. The zero-order valence-electron chi connectivity index (χ0n) is 9.26. The summed E-state index contributed by atoms with van der Waals surface area (Å²) in [5.74, 6) is -1.05. The fraction of sp³-hybridized carbons (Fsp3) is 0.600. The van der Waals surface area contributed by atoms with Crippen LogP contribution in [-0.2, 0) is 19.0 Å². The van der Waals surface area contributed by atoms with Crippen LogP contribution in [-0.4, -0.2) is 55.7 Å². The second-order valence-electron chi connectivity index (χ2n) is 3.38. The van der Waals surface area contributed by atoms with Crippen molar-refractivity contribution in [3.05, 3.63) is 12.7 Å². The Morgan fingerprint density at radius 3 is 2.76 bits per heavy atom. The van der Waals surface area contributed by atoms with Crippen LogP contribution in [0.3, 0.4) is 0 Å². The lowest BCUT2D eigenvalue weighted by Gasteiger charge is -2.27. The third-order valence-electron chi connectivity index (χ3n) is 2.05. The Morgan fingerprint density at radius 1 is 1.47 bits per heavy atom. The molecule has 0 unspecified atom stereocenters. The van der Waals surface area contributed by atoms with E-state index in [0.717, 1.165) is 0 Å². The summed E-state index contributed by atoms with van der Waals surface area (Å²) in [5.41, 5.74) is 0. The van der Waals surface area contributed by atoms with E-state index in [4.69, 9.17) is 14.6 Å². The van der Waals surface area contributed by atoms with E-state index in [9.17, 15) is 9.59 Å². The molecule has 0 aromatic heterocycles. The van der Waals surface area contributed by atoms with Crippen LogP contribution in [0.25, 0.3) is 0 Å². The molecule has 1 saturated heterocycles. The molecule has 0 saturated carbocycles. The van der Waals surface area contributed by atoms with Gasteiger partial charge in [-0.15, -0.1) is 0 Å². The molecule has 2 N–H and O–H groups in total. The number of ether oxygens (including phenoxy) is 3. The summed E-state index contributed by atoms with van der Waals surface area (Å²) in [4.78, 5) is 21.6. The molecule has 0 spiro atoms. The lowest BCUT2D eigenvalue weighted by molar-refractivity contribution is -0.174. The Hall–Kier alpha value is -1.60. The molecule has 0 bridgehead atoms. The van der Waals surface area contributed by atoms with Gasteiger partial charge in [-0.1, -0.05) is 12.7 Å². The van der Waals surface area contributed by atoms with E-state index >= 15 is 0 Å². The van der Waals surface area contributed by atoms with Crippen LogP contribution in [0.2, 0.25) is 0 Å². The van der Waals surface area contributed by atoms with Crippen molar-refractivity contribution in [3.8, 4) is 0 Å². The van der Waals surface area contributed by atoms with E-state index < -0.39 is 18.2 Å². The maximum atomic E-state index is 11.0. The Bertz CT molecular complexity index is 285. The van der Waals surface area contributed by atoms with Gasteiger partial charge in [0.1, 0.15) is 6.61 Å². The minimum absolute atomic E-state index is 0.0244. The molecular weight excluding hydrogens is 230 g/mol. The highest BCUT2D eigenvalue weighted by molar-refractivity contribution is 5.72. The van der Waals surface area contributed by atoms with Gasteiger partial charge in [-0.2, -0.15) is 0 Å². The van der Waals surface area contributed by atoms with E-state index in [-0.39, 0.29) is 32.5 Å². The molecule has 7 nitrogen and oxygen atoms in total. The van der Waals surface area contributed by atoms with Crippen LogP contribution in [0.1, 0.15) is 0 Å². The first-order chi connectivity index (χ1) is 8.13. The topological polar surface area (TPSA) is 94.1 Å². The average molecular weight is 245 g/mol. The number of carbonyl (C=O) groups is 2. The molecule has 0 aromatic carbocycles. The summed E-state index contributed by atoms with van der Waals surface area (Å²) in [6.07, 6.45) is -0.410. The molecule has 1 aliphatic rings. The van der Waals surface area contributed by atoms with Gasteiger partial charge in [0.25, 0.3) is 0 Å². The van der Waals surface area contributed by atoms with E-state index in [0.29, 0.717) is 0 Å². The summed E-state index contributed by atoms with van der Waals surface area (Å²) < 4.78 is 14.9. The third kappa shape index (κ3) is 4.83. The van der Waals surface area contributed by atoms with Gasteiger partial charge in [0.15, 0.2) is 6.10 Å². The van der Waals surface area contributed by atoms with Crippen LogP contribution < -0.4 is 5.32 Å². The number of carboxylic acids is 1. The third-order valence-corrected chi connectivity index (χ3v) is 2.05. The molecule has 0 radical (unpaired) electrons. The standard InChI is InChI=1S/C10H15NO6/c1-2-3-15-10(14)11-4-7-5-17-8(6-16-7)9(12)13/h2,7-8H,1,3-6H2,(H,11,14)(H,12,13)/t7-,8-/m0/s1.